The van der Waals surface area contributed by atoms with Gasteiger partial charge in [-0.05, 0) is 44.4 Å². The summed E-state index contributed by atoms with van der Waals surface area (Å²) >= 11 is 0. The minimum Gasteiger partial charge on any atom is -0.373 e. The third-order valence-electron chi connectivity index (χ3n) is 3.84. The van der Waals surface area contributed by atoms with Crippen molar-refractivity contribution in [2.45, 2.75) is 39.7 Å². The van der Waals surface area contributed by atoms with Crippen molar-refractivity contribution in [3.63, 3.8) is 0 Å². The minimum absolute atomic E-state index is 0.276. The predicted molar refractivity (Wildman–Crippen MR) is 75.9 cm³/mol. The average Bonchev–Trinajstić information content (AvgIpc) is 2.39. The van der Waals surface area contributed by atoms with E-state index in [0.717, 1.165) is 19.7 Å². The molecule has 0 aromatic heterocycles. The molecule has 1 aliphatic rings. The fourth-order valence-electron chi connectivity index (χ4n) is 2.79. The summed E-state index contributed by atoms with van der Waals surface area (Å²) in [7, 11) is 0. The van der Waals surface area contributed by atoms with E-state index in [1.54, 1.807) is 0 Å². The SMILES string of the molecule is CCNCC1CCCOC1c1cc(C)ccc1C. The molecule has 2 rings (SSSR count). The molecular weight excluding hydrogens is 222 g/mol. The summed E-state index contributed by atoms with van der Waals surface area (Å²) in [6, 6.07) is 6.69. The van der Waals surface area contributed by atoms with Crippen LogP contribution in [0.15, 0.2) is 18.2 Å². The van der Waals surface area contributed by atoms with Crippen LogP contribution in [0, 0.1) is 19.8 Å². The largest absolute Gasteiger partial charge is 0.373 e. The molecule has 1 aromatic rings. The summed E-state index contributed by atoms with van der Waals surface area (Å²) in [5.74, 6) is 0.610. The van der Waals surface area contributed by atoms with Gasteiger partial charge in [0.2, 0.25) is 0 Å². The molecular formula is C16H25NO. The maximum atomic E-state index is 6.07. The van der Waals surface area contributed by atoms with Crippen molar-refractivity contribution in [2.75, 3.05) is 19.7 Å². The van der Waals surface area contributed by atoms with E-state index in [0.29, 0.717) is 5.92 Å². The maximum absolute atomic E-state index is 6.07. The first-order valence-corrected chi connectivity index (χ1v) is 7.12. The van der Waals surface area contributed by atoms with Crippen molar-refractivity contribution in [2.24, 2.45) is 5.92 Å². The van der Waals surface area contributed by atoms with Gasteiger partial charge < -0.3 is 10.1 Å². The predicted octanol–water partition coefficient (Wildman–Crippen LogP) is 3.38. The molecule has 0 amide bonds. The molecule has 2 nitrogen and oxygen atoms in total. The Balaban J connectivity index is 2.19. The maximum Gasteiger partial charge on any atom is 0.0867 e. The lowest BCUT2D eigenvalue weighted by Gasteiger charge is -2.33. The van der Waals surface area contributed by atoms with Gasteiger partial charge in [-0.3, -0.25) is 0 Å². The van der Waals surface area contributed by atoms with E-state index in [9.17, 15) is 0 Å². The number of nitrogens with one attached hydrogen (secondary N) is 1. The highest BCUT2D eigenvalue weighted by Crippen LogP contribution is 2.35. The number of rotatable bonds is 4. The van der Waals surface area contributed by atoms with Gasteiger partial charge in [-0.15, -0.1) is 0 Å². The van der Waals surface area contributed by atoms with Gasteiger partial charge in [-0.25, -0.2) is 0 Å². The molecule has 1 aliphatic heterocycles. The van der Waals surface area contributed by atoms with Gasteiger partial charge in [-0.1, -0.05) is 30.7 Å². The standard InChI is InChI=1S/C16H25NO/c1-4-17-11-14-6-5-9-18-16(14)15-10-12(2)7-8-13(15)3/h7-8,10,14,16-17H,4-6,9,11H2,1-3H3. The fraction of sp³-hybridized carbons (Fsp3) is 0.625. The molecule has 1 aromatic carbocycles. The molecule has 18 heavy (non-hydrogen) atoms. The molecule has 0 bridgehead atoms. The van der Waals surface area contributed by atoms with Crippen LogP contribution in [0.1, 0.15) is 42.6 Å². The lowest BCUT2D eigenvalue weighted by Crippen LogP contribution is -2.32. The second kappa shape index (κ2) is 6.35. The van der Waals surface area contributed by atoms with Crippen LogP contribution in [0.3, 0.4) is 0 Å². The second-order valence-electron chi connectivity index (χ2n) is 5.36. The van der Waals surface area contributed by atoms with Gasteiger partial charge in [0.05, 0.1) is 6.10 Å². The van der Waals surface area contributed by atoms with Crippen LogP contribution in [0.25, 0.3) is 0 Å². The Labute approximate surface area is 111 Å². The van der Waals surface area contributed by atoms with Gasteiger partial charge in [0, 0.05) is 19.1 Å². The number of hydrogen-bond donors (Lipinski definition) is 1. The van der Waals surface area contributed by atoms with E-state index < -0.39 is 0 Å². The summed E-state index contributed by atoms with van der Waals surface area (Å²) in [5, 5.41) is 3.47. The molecule has 2 heteroatoms. The van der Waals surface area contributed by atoms with Crippen LogP contribution in [0.5, 0.6) is 0 Å². The fourth-order valence-corrected chi connectivity index (χ4v) is 2.79. The topological polar surface area (TPSA) is 21.3 Å². The molecule has 1 N–H and O–H groups in total. The minimum atomic E-state index is 0.276. The molecule has 0 aliphatic carbocycles. The third-order valence-corrected chi connectivity index (χ3v) is 3.84. The molecule has 1 saturated heterocycles. The van der Waals surface area contributed by atoms with E-state index in [2.05, 4.69) is 44.3 Å². The highest BCUT2D eigenvalue weighted by Gasteiger charge is 2.28. The zero-order valence-corrected chi connectivity index (χ0v) is 11.8. The molecule has 2 unspecified atom stereocenters. The number of ether oxygens (including phenoxy) is 1. The van der Waals surface area contributed by atoms with Crippen LogP contribution in [-0.2, 0) is 4.74 Å². The first-order chi connectivity index (χ1) is 8.72. The summed E-state index contributed by atoms with van der Waals surface area (Å²) < 4.78 is 6.07. The first-order valence-electron chi connectivity index (χ1n) is 7.12. The van der Waals surface area contributed by atoms with Crippen molar-refractivity contribution < 1.29 is 4.74 Å². The van der Waals surface area contributed by atoms with E-state index in [-0.39, 0.29) is 6.10 Å². The summed E-state index contributed by atoms with van der Waals surface area (Å²) in [6.07, 6.45) is 2.74. The Morgan fingerprint density at radius 3 is 2.94 bits per heavy atom. The smallest absolute Gasteiger partial charge is 0.0867 e. The molecule has 100 valence electrons. The lowest BCUT2D eigenvalue weighted by molar-refractivity contribution is -0.0279. The first kappa shape index (κ1) is 13.6. The van der Waals surface area contributed by atoms with Gasteiger partial charge >= 0.3 is 0 Å². The zero-order chi connectivity index (χ0) is 13.0. The van der Waals surface area contributed by atoms with Crippen LogP contribution >= 0.6 is 0 Å². The number of hydrogen-bond acceptors (Lipinski definition) is 2. The number of benzene rings is 1. The van der Waals surface area contributed by atoms with Crippen LogP contribution in [0.4, 0.5) is 0 Å². The highest BCUT2D eigenvalue weighted by molar-refractivity contribution is 5.33. The third kappa shape index (κ3) is 3.12. The summed E-state index contributed by atoms with van der Waals surface area (Å²) in [4.78, 5) is 0. The highest BCUT2D eigenvalue weighted by atomic mass is 16.5. The Kier molecular flexibility index (Phi) is 4.79. The van der Waals surface area contributed by atoms with Crippen molar-refractivity contribution in [1.82, 2.24) is 5.32 Å². The molecule has 0 saturated carbocycles. The van der Waals surface area contributed by atoms with E-state index >= 15 is 0 Å². The van der Waals surface area contributed by atoms with Gasteiger partial charge in [0.25, 0.3) is 0 Å². The molecule has 0 radical (unpaired) electrons. The Morgan fingerprint density at radius 2 is 2.17 bits per heavy atom. The monoisotopic (exact) mass is 247 g/mol. The van der Waals surface area contributed by atoms with Gasteiger partial charge in [0.15, 0.2) is 0 Å². The van der Waals surface area contributed by atoms with Gasteiger partial charge in [-0.2, -0.15) is 0 Å². The average molecular weight is 247 g/mol. The Morgan fingerprint density at radius 1 is 1.33 bits per heavy atom. The second-order valence-corrected chi connectivity index (χ2v) is 5.36. The van der Waals surface area contributed by atoms with Crippen LogP contribution < -0.4 is 5.32 Å². The quantitative estimate of drug-likeness (QED) is 0.880. The normalized spacial score (nSPS) is 24.2. The van der Waals surface area contributed by atoms with E-state index in [1.165, 1.54) is 29.5 Å². The molecule has 1 fully saturated rings. The van der Waals surface area contributed by atoms with Crippen molar-refractivity contribution in [3.05, 3.63) is 34.9 Å². The van der Waals surface area contributed by atoms with Crippen molar-refractivity contribution in [3.8, 4) is 0 Å². The van der Waals surface area contributed by atoms with E-state index in [1.807, 2.05) is 0 Å². The zero-order valence-electron chi connectivity index (χ0n) is 11.8. The molecule has 0 spiro atoms. The summed E-state index contributed by atoms with van der Waals surface area (Å²) in [6.45, 7) is 9.52. The number of aryl methyl sites for hydroxylation is 2. The van der Waals surface area contributed by atoms with Crippen LogP contribution in [0.2, 0.25) is 0 Å². The Bertz CT molecular complexity index is 389. The lowest BCUT2D eigenvalue weighted by atomic mass is 9.87. The summed E-state index contributed by atoms with van der Waals surface area (Å²) in [5.41, 5.74) is 4.07. The van der Waals surface area contributed by atoms with Gasteiger partial charge in [0.1, 0.15) is 0 Å². The van der Waals surface area contributed by atoms with Crippen molar-refractivity contribution in [1.29, 1.82) is 0 Å². The van der Waals surface area contributed by atoms with E-state index in [4.69, 9.17) is 4.74 Å². The van der Waals surface area contributed by atoms with Crippen molar-refractivity contribution >= 4 is 0 Å². The van der Waals surface area contributed by atoms with Crippen LogP contribution in [-0.4, -0.2) is 19.7 Å². The Hall–Kier alpha value is -0.860. The molecule has 1 heterocycles. The molecule has 2 atom stereocenters.